The van der Waals surface area contributed by atoms with E-state index in [0.717, 1.165) is 50.5 Å². The normalized spacial score (nSPS) is 16.4. The lowest BCUT2D eigenvalue weighted by Gasteiger charge is -2.33. The smallest absolute Gasteiger partial charge is 0.191 e. The summed E-state index contributed by atoms with van der Waals surface area (Å²) in [6.45, 7) is 16.9. The second kappa shape index (κ2) is 11.8. The van der Waals surface area contributed by atoms with E-state index in [2.05, 4.69) is 49.8 Å². The number of hydrogen-bond donors (Lipinski definition) is 2. The van der Waals surface area contributed by atoms with Crippen LogP contribution in [0.4, 0.5) is 4.39 Å². The Kier molecular flexibility index (Phi) is 10.4. The van der Waals surface area contributed by atoms with E-state index in [9.17, 15) is 4.39 Å². The number of rotatable bonds is 7. The highest BCUT2D eigenvalue weighted by Crippen LogP contribution is 2.24. The summed E-state index contributed by atoms with van der Waals surface area (Å²) in [5.41, 5.74) is 1.96. The van der Waals surface area contributed by atoms with Crippen LogP contribution in [0.2, 0.25) is 0 Å². The van der Waals surface area contributed by atoms with E-state index < -0.39 is 0 Å². The third-order valence-corrected chi connectivity index (χ3v) is 5.00. The van der Waals surface area contributed by atoms with Crippen LogP contribution < -0.4 is 10.6 Å². The Labute approximate surface area is 187 Å². The number of aliphatic imine (C=N–C) groups is 1. The minimum Gasteiger partial charge on any atom is -0.357 e. The van der Waals surface area contributed by atoms with Crippen LogP contribution in [0.3, 0.4) is 0 Å². The van der Waals surface area contributed by atoms with Gasteiger partial charge >= 0.3 is 0 Å². The second-order valence-corrected chi connectivity index (χ2v) is 8.24. The molecule has 0 unspecified atom stereocenters. The Bertz CT molecular complexity index is 652. The molecule has 1 fully saturated rings. The van der Waals surface area contributed by atoms with Gasteiger partial charge in [0.15, 0.2) is 5.96 Å². The van der Waals surface area contributed by atoms with Crippen molar-refractivity contribution < 1.29 is 4.39 Å². The molecule has 6 heteroatoms. The van der Waals surface area contributed by atoms with Crippen LogP contribution >= 0.6 is 24.0 Å². The molecule has 0 bridgehead atoms. The first-order valence-corrected chi connectivity index (χ1v) is 9.98. The molecule has 0 aromatic heterocycles. The largest absolute Gasteiger partial charge is 0.357 e. The van der Waals surface area contributed by atoms with Gasteiger partial charge in [-0.05, 0) is 44.4 Å². The van der Waals surface area contributed by atoms with Crippen LogP contribution in [0.1, 0.15) is 46.1 Å². The zero-order valence-electron chi connectivity index (χ0n) is 17.7. The lowest BCUT2D eigenvalue weighted by molar-refractivity contribution is 0.221. The molecule has 0 saturated carbocycles. The number of benzene rings is 1. The topological polar surface area (TPSA) is 39.7 Å². The maximum absolute atomic E-state index is 13.6. The van der Waals surface area contributed by atoms with Gasteiger partial charge in [-0.15, -0.1) is 24.0 Å². The fourth-order valence-electron chi connectivity index (χ4n) is 3.41. The third-order valence-electron chi connectivity index (χ3n) is 5.00. The van der Waals surface area contributed by atoms with Crippen molar-refractivity contribution >= 4 is 29.9 Å². The molecule has 2 rings (SSSR count). The monoisotopic (exact) mass is 502 g/mol. The molecule has 0 spiro atoms. The van der Waals surface area contributed by atoms with Crippen LogP contribution in [0.25, 0.3) is 0 Å². The summed E-state index contributed by atoms with van der Waals surface area (Å²) in [6.07, 6.45) is 2.20. The van der Waals surface area contributed by atoms with E-state index in [1.165, 1.54) is 11.6 Å². The molecule has 0 radical (unpaired) electrons. The molecule has 0 aliphatic carbocycles. The van der Waals surface area contributed by atoms with Crippen molar-refractivity contribution in [1.29, 1.82) is 0 Å². The number of hydrogen-bond acceptors (Lipinski definition) is 2. The molecule has 158 valence electrons. The first-order chi connectivity index (χ1) is 12.8. The summed E-state index contributed by atoms with van der Waals surface area (Å²) in [6, 6.07) is 7.25. The number of guanidine groups is 1. The molecule has 1 aromatic rings. The van der Waals surface area contributed by atoms with E-state index in [0.29, 0.717) is 12.6 Å². The predicted molar refractivity (Wildman–Crippen MR) is 128 cm³/mol. The van der Waals surface area contributed by atoms with E-state index in [1.807, 2.05) is 6.07 Å². The Hall–Kier alpha value is -1.15. The summed E-state index contributed by atoms with van der Waals surface area (Å²) >= 11 is 0. The zero-order chi connectivity index (χ0) is 19.9. The van der Waals surface area contributed by atoms with Gasteiger partial charge in [-0.1, -0.05) is 38.1 Å². The Morgan fingerprint density at radius 1 is 1.32 bits per heavy atom. The highest BCUT2D eigenvalue weighted by atomic mass is 127. The summed E-state index contributed by atoms with van der Waals surface area (Å²) in [7, 11) is 0. The maximum atomic E-state index is 13.6. The number of likely N-dealkylation sites (tertiary alicyclic amines) is 1. The molecule has 1 saturated heterocycles. The van der Waals surface area contributed by atoms with Crippen molar-refractivity contribution in [3.05, 3.63) is 47.8 Å². The van der Waals surface area contributed by atoms with E-state index in [4.69, 9.17) is 4.99 Å². The van der Waals surface area contributed by atoms with Crippen molar-refractivity contribution in [2.45, 2.75) is 52.0 Å². The van der Waals surface area contributed by atoms with Crippen molar-refractivity contribution in [1.82, 2.24) is 15.5 Å². The van der Waals surface area contributed by atoms with Crippen LogP contribution in [0, 0.1) is 5.82 Å². The van der Waals surface area contributed by atoms with E-state index in [-0.39, 0.29) is 35.2 Å². The van der Waals surface area contributed by atoms with Crippen LogP contribution in [0.5, 0.6) is 0 Å². The molecule has 0 amide bonds. The SMILES string of the molecule is C=C(C)CN1CCC(NC(=NCC(C)(C)c2cccc(F)c2)NCC)CC1.I. The first kappa shape index (κ1) is 24.9. The Balaban J connectivity index is 0.00000392. The zero-order valence-corrected chi connectivity index (χ0v) is 20.1. The second-order valence-electron chi connectivity index (χ2n) is 8.24. The average Bonchev–Trinajstić information content (AvgIpc) is 2.61. The number of piperidine rings is 1. The molecule has 1 heterocycles. The Morgan fingerprint density at radius 3 is 2.57 bits per heavy atom. The molecule has 4 nitrogen and oxygen atoms in total. The molecule has 1 aromatic carbocycles. The molecule has 28 heavy (non-hydrogen) atoms. The number of nitrogens with zero attached hydrogens (tertiary/aromatic N) is 2. The summed E-state index contributed by atoms with van der Waals surface area (Å²) in [5, 5.41) is 6.93. The standard InChI is InChI=1S/C22H35FN4.HI/c1-6-24-21(26-20-10-12-27(13-11-20)15-17(2)3)25-16-22(4,5)18-8-7-9-19(23)14-18;/h7-9,14,20H,2,6,10-13,15-16H2,1,3-5H3,(H2,24,25,26);1H. The van der Waals surface area contributed by atoms with E-state index in [1.54, 1.807) is 12.1 Å². The molecule has 1 aliphatic heterocycles. The minimum atomic E-state index is -0.227. The third kappa shape index (κ3) is 8.07. The lowest BCUT2D eigenvalue weighted by Crippen LogP contribution is -2.49. The quantitative estimate of drug-likeness (QED) is 0.253. The van der Waals surface area contributed by atoms with Gasteiger partial charge in [-0.25, -0.2) is 4.39 Å². The van der Waals surface area contributed by atoms with Gasteiger partial charge in [0.05, 0.1) is 6.54 Å². The van der Waals surface area contributed by atoms with Gasteiger partial charge in [-0.3, -0.25) is 9.89 Å². The van der Waals surface area contributed by atoms with Crippen molar-refractivity contribution in [3.8, 4) is 0 Å². The van der Waals surface area contributed by atoms with Gasteiger partial charge in [-0.2, -0.15) is 0 Å². The van der Waals surface area contributed by atoms with Gasteiger partial charge < -0.3 is 10.6 Å². The molecular formula is C22H36FIN4. The minimum absolute atomic E-state index is 0. The molecular weight excluding hydrogens is 466 g/mol. The highest BCUT2D eigenvalue weighted by Gasteiger charge is 2.23. The van der Waals surface area contributed by atoms with Gasteiger partial charge in [0.25, 0.3) is 0 Å². The van der Waals surface area contributed by atoms with Gasteiger partial charge in [0.2, 0.25) is 0 Å². The van der Waals surface area contributed by atoms with Gasteiger partial charge in [0, 0.05) is 37.6 Å². The van der Waals surface area contributed by atoms with Crippen molar-refractivity contribution in [3.63, 3.8) is 0 Å². The number of nitrogens with one attached hydrogen (secondary N) is 2. The molecule has 2 N–H and O–H groups in total. The van der Waals surface area contributed by atoms with Crippen LogP contribution in [-0.4, -0.2) is 49.6 Å². The average molecular weight is 502 g/mol. The first-order valence-electron chi connectivity index (χ1n) is 9.98. The fourth-order valence-corrected chi connectivity index (χ4v) is 3.41. The predicted octanol–water partition coefficient (Wildman–Crippen LogP) is 4.32. The van der Waals surface area contributed by atoms with Crippen molar-refractivity contribution in [2.75, 3.05) is 32.7 Å². The lowest BCUT2D eigenvalue weighted by atomic mass is 9.85. The maximum Gasteiger partial charge on any atom is 0.191 e. The van der Waals surface area contributed by atoms with Gasteiger partial charge in [0.1, 0.15) is 5.82 Å². The molecule has 1 aliphatic rings. The van der Waals surface area contributed by atoms with Crippen molar-refractivity contribution in [2.24, 2.45) is 4.99 Å². The summed E-state index contributed by atoms with van der Waals surface area (Å²) in [5.74, 6) is 0.649. The fraction of sp³-hybridized carbons (Fsp3) is 0.591. The Morgan fingerprint density at radius 2 is 2.00 bits per heavy atom. The highest BCUT2D eigenvalue weighted by molar-refractivity contribution is 14.0. The van der Waals surface area contributed by atoms with Crippen LogP contribution in [-0.2, 0) is 5.41 Å². The van der Waals surface area contributed by atoms with E-state index >= 15 is 0 Å². The summed E-state index contributed by atoms with van der Waals surface area (Å²) < 4.78 is 13.6. The van der Waals surface area contributed by atoms with Crippen LogP contribution in [0.15, 0.2) is 41.4 Å². The molecule has 0 atom stereocenters. The number of halogens is 2. The summed E-state index contributed by atoms with van der Waals surface area (Å²) in [4.78, 5) is 7.25.